The van der Waals surface area contributed by atoms with Gasteiger partial charge in [0.2, 0.25) is 0 Å². The fourth-order valence-corrected chi connectivity index (χ4v) is 3.26. The normalized spacial score (nSPS) is 16.3. The molecule has 2 aromatic carbocycles. The SMILES string of the molecule is NCc1ccc(-c2ccc(N3C[C@H](Cn4cc(CO)nn4)OC3=O)cc2F)cc1. The van der Waals surface area contributed by atoms with Crippen molar-refractivity contribution in [2.75, 3.05) is 11.4 Å². The summed E-state index contributed by atoms with van der Waals surface area (Å²) in [6.45, 7) is 0.771. The molecule has 0 unspecified atom stereocenters. The van der Waals surface area contributed by atoms with E-state index in [1.807, 2.05) is 24.3 Å². The van der Waals surface area contributed by atoms with E-state index in [1.54, 1.807) is 18.3 Å². The van der Waals surface area contributed by atoms with Crippen LogP contribution in [0.25, 0.3) is 11.1 Å². The fourth-order valence-electron chi connectivity index (χ4n) is 3.26. The molecule has 1 aromatic heterocycles. The number of halogens is 1. The van der Waals surface area contributed by atoms with Crippen molar-refractivity contribution in [3.05, 3.63) is 65.7 Å². The lowest BCUT2D eigenvalue weighted by Gasteiger charge is -2.14. The lowest BCUT2D eigenvalue weighted by atomic mass is 10.0. The third-order valence-corrected chi connectivity index (χ3v) is 4.78. The van der Waals surface area contributed by atoms with Crippen molar-refractivity contribution in [2.45, 2.75) is 25.8 Å². The van der Waals surface area contributed by atoms with Crippen LogP contribution in [0.3, 0.4) is 0 Å². The number of aromatic nitrogens is 3. The predicted octanol–water partition coefficient (Wildman–Crippen LogP) is 2.06. The number of carbonyl (C=O) groups is 1. The predicted molar refractivity (Wildman–Crippen MR) is 103 cm³/mol. The second-order valence-corrected chi connectivity index (χ2v) is 6.77. The van der Waals surface area contributed by atoms with E-state index in [0.29, 0.717) is 30.0 Å². The van der Waals surface area contributed by atoms with E-state index < -0.39 is 18.0 Å². The van der Waals surface area contributed by atoms with Gasteiger partial charge in [-0.1, -0.05) is 29.5 Å². The van der Waals surface area contributed by atoms with E-state index in [4.69, 9.17) is 15.6 Å². The highest BCUT2D eigenvalue weighted by Gasteiger charge is 2.33. The van der Waals surface area contributed by atoms with Gasteiger partial charge in [-0.05, 0) is 29.3 Å². The standard InChI is InChI=1S/C20H20FN5O3/c21-19-7-16(5-6-18(19)14-3-1-13(8-22)2-4-14)26-11-17(29-20(26)28)10-25-9-15(12-27)23-24-25/h1-7,9,17,27H,8,10-12,22H2/t17-/m0/s1. The zero-order chi connectivity index (χ0) is 20.4. The van der Waals surface area contributed by atoms with Gasteiger partial charge in [-0.3, -0.25) is 4.90 Å². The van der Waals surface area contributed by atoms with Crippen molar-refractivity contribution < 1.29 is 19.0 Å². The number of amides is 1. The fraction of sp³-hybridized carbons (Fsp3) is 0.250. The van der Waals surface area contributed by atoms with Crippen LogP contribution in [-0.4, -0.2) is 38.8 Å². The smallest absolute Gasteiger partial charge is 0.414 e. The molecule has 0 saturated carbocycles. The topological polar surface area (TPSA) is 106 Å². The summed E-state index contributed by atoms with van der Waals surface area (Å²) in [5.41, 5.74) is 8.60. The third kappa shape index (κ3) is 3.96. The van der Waals surface area contributed by atoms with Crippen LogP contribution in [0.1, 0.15) is 11.3 Å². The number of aliphatic hydroxyl groups is 1. The number of hydrogen-bond donors (Lipinski definition) is 2. The number of carbonyl (C=O) groups excluding carboxylic acids is 1. The van der Waals surface area contributed by atoms with Gasteiger partial charge in [0.05, 0.1) is 31.6 Å². The van der Waals surface area contributed by atoms with Crippen LogP contribution >= 0.6 is 0 Å². The summed E-state index contributed by atoms with van der Waals surface area (Å²) in [5, 5.41) is 16.7. The molecule has 0 aliphatic carbocycles. The van der Waals surface area contributed by atoms with E-state index in [0.717, 1.165) is 11.1 Å². The molecule has 1 atom stereocenters. The van der Waals surface area contributed by atoms with Gasteiger partial charge >= 0.3 is 6.09 Å². The summed E-state index contributed by atoms with van der Waals surface area (Å²) in [6, 6.07) is 12.0. The highest BCUT2D eigenvalue weighted by atomic mass is 19.1. The first-order chi connectivity index (χ1) is 14.1. The van der Waals surface area contributed by atoms with Crippen LogP contribution in [-0.2, 0) is 24.4 Å². The Morgan fingerprint density at radius 2 is 2.03 bits per heavy atom. The van der Waals surface area contributed by atoms with E-state index >= 15 is 0 Å². The first-order valence-electron chi connectivity index (χ1n) is 9.14. The second-order valence-electron chi connectivity index (χ2n) is 6.77. The minimum Gasteiger partial charge on any atom is -0.442 e. The molecule has 1 fully saturated rings. The maximum absolute atomic E-state index is 14.7. The van der Waals surface area contributed by atoms with Crippen LogP contribution in [0.2, 0.25) is 0 Å². The van der Waals surface area contributed by atoms with Gasteiger partial charge in [0, 0.05) is 12.1 Å². The molecule has 2 heterocycles. The number of anilines is 1. The molecular formula is C20H20FN5O3. The summed E-state index contributed by atoms with van der Waals surface area (Å²) >= 11 is 0. The molecule has 1 amide bonds. The molecule has 3 N–H and O–H groups in total. The molecule has 29 heavy (non-hydrogen) atoms. The molecule has 0 radical (unpaired) electrons. The molecule has 8 nitrogen and oxygen atoms in total. The molecule has 1 saturated heterocycles. The van der Waals surface area contributed by atoms with Crippen molar-refractivity contribution >= 4 is 11.8 Å². The van der Waals surface area contributed by atoms with Gasteiger partial charge in [0.1, 0.15) is 17.6 Å². The Hall–Kier alpha value is -3.30. The number of benzene rings is 2. The van der Waals surface area contributed by atoms with Crippen molar-refractivity contribution in [3.63, 3.8) is 0 Å². The van der Waals surface area contributed by atoms with E-state index in [1.165, 1.54) is 15.6 Å². The average molecular weight is 397 g/mol. The highest BCUT2D eigenvalue weighted by Crippen LogP contribution is 2.29. The highest BCUT2D eigenvalue weighted by molar-refractivity contribution is 5.90. The Balaban J connectivity index is 1.49. The summed E-state index contributed by atoms with van der Waals surface area (Å²) < 4.78 is 21.6. The van der Waals surface area contributed by atoms with Crippen molar-refractivity contribution in [3.8, 4) is 11.1 Å². The summed E-state index contributed by atoms with van der Waals surface area (Å²) in [4.78, 5) is 13.6. The van der Waals surface area contributed by atoms with Crippen LogP contribution in [0.4, 0.5) is 14.9 Å². The molecule has 9 heteroatoms. The van der Waals surface area contributed by atoms with Gasteiger partial charge in [0.25, 0.3) is 0 Å². The Labute approximate surface area is 166 Å². The molecule has 0 spiro atoms. The van der Waals surface area contributed by atoms with Gasteiger partial charge in [-0.15, -0.1) is 5.10 Å². The molecule has 0 bridgehead atoms. The van der Waals surface area contributed by atoms with Gasteiger partial charge in [0.15, 0.2) is 0 Å². The number of hydrogen-bond acceptors (Lipinski definition) is 6. The molecule has 150 valence electrons. The Morgan fingerprint density at radius 1 is 1.24 bits per heavy atom. The van der Waals surface area contributed by atoms with E-state index in [-0.39, 0.29) is 13.2 Å². The third-order valence-electron chi connectivity index (χ3n) is 4.78. The average Bonchev–Trinajstić information content (AvgIpc) is 3.34. The van der Waals surface area contributed by atoms with Gasteiger partial charge < -0.3 is 15.6 Å². The lowest BCUT2D eigenvalue weighted by molar-refractivity contribution is 0.129. The number of ether oxygens (including phenoxy) is 1. The number of rotatable bonds is 6. The number of nitrogens with zero attached hydrogens (tertiary/aromatic N) is 4. The van der Waals surface area contributed by atoms with Gasteiger partial charge in [-0.25, -0.2) is 13.9 Å². The summed E-state index contributed by atoms with van der Waals surface area (Å²) in [6.07, 6.45) is 0.584. The number of aliphatic hydroxyl groups excluding tert-OH is 1. The van der Waals surface area contributed by atoms with E-state index in [9.17, 15) is 9.18 Å². The minimum atomic E-state index is -0.544. The minimum absolute atomic E-state index is 0.211. The number of cyclic esters (lactones) is 1. The Bertz CT molecular complexity index is 1020. The quantitative estimate of drug-likeness (QED) is 0.659. The van der Waals surface area contributed by atoms with Crippen molar-refractivity contribution in [1.29, 1.82) is 0 Å². The van der Waals surface area contributed by atoms with Crippen molar-refractivity contribution in [1.82, 2.24) is 15.0 Å². The van der Waals surface area contributed by atoms with Crippen LogP contribution in [0, 0.1) is 5.82 Å². The summed E-state index contributed by atoms with van der Waals surface area (Å²) in [5.74, 6) is -0.428. The van der Waals surface area contributed by atoms with E-state index in [2.05, 4.69) is 10.3 Å². The first-order valence-corrected chi connectivity index (χ1v) is 9.14. The first kappa shape index (κ1) is 19.0. The van der Waals surface area contributed by atoms with Crippen LogP contribution in [0.15, 0.2) is 48.7 Å². The van der Waals surface area contributed by atoms with Crippen LogP contribution < -0.4 is 10.6 Å². The van der Waals surface area contributed by atoms with Gasteiger partial charge in [-0.2, -0.15) is 0 Å². The lowest BCUT2D eigenvalue weighted by Crippen LogP contribution is -2.26. The monoisotopic (exact) mass is 397 g/mol. The maximum Gasteiger partial charge on any atom is 0.414 e. The summed E-state index contributed by atoms with van der Waals surface area (Å²) in [7, 11) is 0. The second kappa shape index (κ2) is 7.98. The zero-order valence-corrected chi connectivity index (χ0v) is 15.5. The Kier molecular flexibility index (Phi) is 5.24. The largest absolute Gasteiger partial charge is 0.442 e. The molecular weight excluding hydrogens is 377 g/mol. The zero-order valence-electron chi connectivity index (χ0n) is 15.5. The molecule has 1 aliphatic rings. The molecule has 1 aliphatic heterocycles. The molecule has 3 aromatic rings. The van der Waals surface area contributed by atoms with Crippen LogP contribution in [0.5, 0.6) is 0 Å². The molecule has 4 rings (SSSR count). The number of nitrogens with two attached hydrogens (primary N) is 1. The van der Waals surface area contributed by atoms with Crippen molar-refractivity contribution in [2.24, 2.45) is 5.73 Å². The Morgan fingerprint density at radius 3 is 2.69 bits per heavy atom. The maximum atomic E-state index is 14.7.